The minimum atomic E-state index is -0.706. The summed E-state index contributed by atoms with van der Waals surface area (Å²) < 4.78 is 0. The highest BCUT2D eigenvalue weighted by molar-refractivity contribution is 5.68. The van der Waals surface area contributed by atoms with Crippen molar-refractivity contribution >= 4 is 5.97 Å². The summed E-state index contributed by atoms with van der Waals surface area (Å²) in [5.41, 5.74) is 5.91. The van der Waals surface area contributed by atoms with E-state index >= 15 is 0 Å². The molecular formula is C29H36N2O2. The van der Waals surface area contributed by atoms with Gasteiger partial charge in [-0.3, -0.25) is 4.79 Å². The molecule has 2 aromatic carbocycles. The van der Waals surface area contributed by atoms with Gasteiger partial charge in [0.25, 0.3) is 0 Å². The van der Waals surface area contributed by atoms with E-state index in [0.29, 0.717) is 0 Å². The number of hydrogen-bond donors (Lipinski definition) is 1. The molecule has 1 aromatic heterocycles. The summed E-state index contributed by atoms with van der Waals surface area (Å²) in [5, 5.41) is 8.70. The van der Waals surface area contributed by atoms with Crippen LogP contribution >= 0.6 is 0 Å². The molecule has 0 saturated carbocycles. The molecule has 0 radical (unpaired) electrons. The predicted octanol–water partition coefficient (Wildman–Crippen LogP) is 7.51. The molecule has 4 heteroatoms. The first-order chi connectivity index (χ1) is 16.2. The van der Waals surface area contributed by atoms with E-state index < -0.39 is 5.97 Å². The van der Waals surface area contributed by atoms with Crippen LogP contribution in [-0.2, 0) is 17.6 Å². The maximum Gasteiger partial charge on any atom is 0.303 e. The molecule has 0 atom stereocenters. The number of aryl methyl sites for hydroxylation is 2. The van der Waals surface area contributed by atoms with Crippen LogP contribution in [0.3, 0.4) is 0 Å². The summed E-state index contributed by atoms with van der Waals surface area (Å²) in [4.78, 5) is 19.7. The Morgan fingerprint density at radius 3 is 1.79 bits per heavy atom. The van der Waals surface area contributed by atoms with Crippen molar-refractivity contribution in [2.45, 2.75) is 77.6 Å². The maximum absolute atomic E-state index is 10.6. The number of carbonyl (C=O) groups is 1. The minimum absolute atomic E-state index is 0.267. The summed E-state index contributed by atoms with van der Waals surface area (Å²) in [6, 6.07) is 17.1. The van der Waals surface area contributed by atoms with Crippen LogP contribution in [0.5, 0.6) is 0 Å². The molecule has 3 rings (SSSR count). The van der Waals surface area contributed by atoms with Crippen LogP contribution in [0, 0.1) is 0 Å². The molecular weight excluding hydrogens is 408 g/mol. The van der Waals surface area contributed by atoms with Gasteiger partial charge in [-0.2, -0.15) is 0 Å². The maximum atomic E-state index is 10.6. The van der Waals surface area contributed by atoms with Gasteiger partial charge in [-0.1, -0.05) is 87.6 Å². The van der Waals surface area contributed by atoms with E-state index in [1.807, 2.05) is 12.4 Å². The monoisotopic (exact) mass is 444 g/mol. The van der Waals surface area contributed by atoms with Gasteiger partial charge in [0.05, 0.1) is 0 Å². The van der Waals surface area contributed by atoms with Crippen LogP contribution in [0.1, 0.15) is 75.8 Å². The second-order valence-electron chi connectivity index (χ2n) is 8.81. The van der Waals surface area contributed by atoms with Crippen molar-refractivity contribution in [3.05, 3.63) is 72.1 Å². The van der Waals surface area contributed by atoms with E-state index in [4.69, 9.17) is 5.11 Å². The number of hydrogen-bond acceptors (Lipinski definition) is 3. The average molecular weight is 445 g/mol. The van der Waals surface area contributed by atoms with E-state index in [1.165, 1.54) is 54.4 Å². The topological polar surface area (TPSA) is 63.1 Å². The van der Waals surface area contributed by atoms with Gasteiger partial charge in [-0.05, 0) is 54.4 Å². The molecule has 3 aromatic rings. The summed E-state index contributed by atoms with van der Waals surface area (Å²) in [5.74, 6) is 0.0663. The Morgan fingerprint density at radius 2 is 1.18 bits per heavy atom. The number of carboxylic acid groups (broad SMARTS) is 1. The molecule has 33 heavy (non-hydrogen) atoms. The molecule has 0 bridgehead atoms. The fourth-order valence-electron chi connectivity index (χ4n) is 4.02. The first kappa shape index (κ1) is 24.6. The fraction of sp³-hybridized carbons (Fsp3) is 0.414. The minimum Gasteiger partial charge on any atom is -0.481 e. The number of rotatable bonds is 14. The van der Waals surface area contributed by atoms with Crippen molar-refractivity contribution in [2.75, 3.05) is 0 Å². The zero-order valence-corrected chi connectivity index (χ0v) is 19.8. The third kappa shape index (κ3) is 8.45. The van der Waals surface area contributed by atoms with E-state index in [-0.39, 0.29) is 6.42 Å². The zero-order valence-electron chi connectivity index (χ0n) is 19.8. The quantitative estimate of drug-likeness (QED) is 0.261. The van der Waals surface area contributed by atoms with Gasteiger partial charge >= 0.3 is 5.97 Å². The first-order valence-electron chi connectivity index (χ1n) is 12.4. The molecule has 4 nitrogen and oxygen atoms in total. The van der Waals surface area contributed by atoms with Crippen molar-refractivity contribution in [1.29, 1.82) is 0 Å². The average Bonchev–Trinajstić information content (AvgIpc) is 2.84. The lowest BCUT2D eigenvalue weighted by molar-refractivity contribution is -0.137. The summed E-state index contributed by atoms with van der Waals surface area (Å²) >= 11 is 0. The second kappa shape index (κ2) is 13.5. The van der Waals surface area contributed by atoms with Gasteiger partial charge in [0, 0.05) is 24.4 Å². The van der Waals surface area contributed by atoms with Gasteiger partial charge in [-0.25, -0.2) is 9.97 Å². The third-order valence-corrected chi connectivity index (χ3v) is 6.06. The van der Waals surface area contributed by atoms with Crippen LogP contribution in [-0.4, -0.2) is 21.0 Å². The number of aromatic nitrogens is 2. The lowest BCUT2D eigenvalue weighted by Crippen LogP contribution is -1.94. The summed E-state index contributed by atoms with van der Waals surface area (Å²) in [6.45, 7) is 2.24. The van der Waals surface area contributed by atoms with Crippen molar-refractivity contribution in [1.82, 2.24) is 9.97 Å². The van der Waals surface area contributed by atoms with Crippen LogP contribution in [0.4, 0.5) is 0 Å². The largest absolute Gasteiger partial charge is 0.481 e. The number of aliphatic carboxylic acids is 1. The first-order valence-corrected chi connectivity index (χ1v) is 12.4. The molecule has 0 aliphatic heterocycles. The fourth-order valence-corrected chi connectivity index (χ4v) is 4.02. The number of benzene rings is 2. The Bertz CT molecular complexity index is 964. The number of nitrogens with zero attached hydrogens (tertiary/aromatic N) is 2. The lowest BCUT2D eigenvalue weighted by atomic mass is 10.00. The molecule has 0 amide bonds. The Morgan fingerprint density at radius 1 is 0.667 bits per heavy atom. The summed E-state index contributed by atoms with van der Waals surface area (Å²) in [6.07, 6.45) is 15.4. The second-order valence-corrected chi connectivity index (χ2v) is 8.81. The van der Waals surface area contributed by atoms with Crippen LogP contribution in [0.2, 0.25) is 0 Å². The van der Waals surface area contributed by atoms with Crippen LogP contribution in [0.15, 0.2) is 60.9 Å². The highest BCUT2D eigenvalue weighted by atomic mass is 16.4. The molecule has 0 aliphatic carbocycles. The van der Waals surface area contributed by atoms with Crippen LogP contribution < -0.4 is 0 Å². The van der Waals surface area contributed by atoms with Crippen LogP contribution in [0.25, 0.3) is 22.5 Å². The normalized spacial score (nSPS) is 10.9. The molecule has 174 valence electrons. The standard InChI is InChI=1S/C29H36N2O2/c1-2-3-4-5-7-11-24-21-30-29(31-22-24)27-19-17-26(18-20-27)25-15-13-23(14-16-25)10-8-6-9-12-28(32)33/h13-22H,2-12H2,1H3,(H,32,33). The zero-order chi connectivity index (χ0) is 23.3. The Labute approximate surface area is 198 Å². The predicted molar refractivity (Wildman–Crippen MR) is 135 cm³/mol. The SMILES string of the molecule is CCCCCCCc1cnc(-c2ccc(-c3ccc(CCCCCC(=O)O)cc3)cc2)nc1. The number of unbranched alkanes of at least 4 members (excludes halogenated alkanes) is 6. The molecule has 0 spiro atoms. The highest BCUT2D eigenvalue weighted by Gasteiger charge is 2.04. The van der Waals surface area contributed by atoms with Crippen molar-refractivity contribution in [2.24, 2.45) is 0 Å². The van der Waals surface area contributed by atoms with E-state index in [2.05, 4.69) is 65.4 Å². The smallest absolute Gasteiger partial charge is 0.303 e. The molecule has 0 saturated heterocycles. The Hall–Kier alpha value is -3.01. The number of carboxylic acids is 1. The molecule has 1 heterocycles. The third-order valence-electron chi connectivity index (χ3n) is 6.06. The van der Waals surface area contributed by atoms with E-state index in [1.54, 1.807) is 0 Å². The van der Waals surface area contributed by atoms with E-state index in [0.717, 1.165) is 43.5 Å². The van der Waals surface area contributed by atoms with Gasteiger partial charge in [0.15, 0.2) is 5.82 Å². The van der Waals surface area contributed by atoms with Gasteiger partial charge < -0.3 is 5.11 Å². The van der Waals surface area contributed by atoms with Crippen molar-refractivity contribution < 1.29 is 9.90 Å². The highest BCUT2D eigenvalue weighted by Crippen LogP contribution is 2.24. The van der Waals surface area contributed by atoms with Gasteiger partial charge in [0.1, 0.15) is 0 Å². The molecule has 0 unspecified atom stereocenters. The Balaban J connectivity index is 1.49. The molecule has 0 fully saturated rings. The van der Waals surface area contributed by atoms with Gasteiger partial charge in [0.2, 0.25) is 0 Å². The Kier molecular flexibility index (Phi) is 10.1. The van der Waals surface area contributed by atoms with Crippen molar-refractivity contribution in [3.63, 3.8) is 0 Å². The summed E-state index contributed by atoms with van der Waals surface area (Å²) in [7, 11) is 0. The lowest BCUT2D eigenvalue weighted by Gasteiger charge is -2.07. The van der Waals surface area contributed by atoms with Gasteiger partial charge in [-0.15, -0.1) is 0 Å². The molecule has 1 N–H and O–H groups in total. The molecule has 0 aliphatic rings. The van der Waals surface area contributed by atoms with E-state index in [9.17, 15) is 4.79 Å². The van der Waals surface area contributed by atoms with Crippen molar-refractivity contribution in [3.8, 4) is 22.5 Å².